The monoisotopic (exact) mass is 220 g/mol. The normalized spacial score (nSPS) is 15.0. The van der Waals surface area contributed by atoms with Gasteiger partial charge in [0, 0.05) is 5.56 Å². The molecule has 0 unspecified atom stereocenters. The molecule has 2 aromatic rings. The van der Waals surface area contributed by atoms with E-state index >= 15 is 0 Å². The minimum absolute atomic E-state index is 0.0863. The summed E-state index contributed by atoms with van der Waals surface area (Å²) in [6, 6.07) is 3.64. The molecule has 1 aliphatic heterocycles. The maximum atomic E-state index is 11.6. The van der Waals surface area contributed by atoms with E-state index in [9.17, 15) is 4.79 Å². The van der Waals surface area contributed by atoms with Crippen molar-refractivity contribution in [2.45, 2.75) is 6.54 Å². The van der Waals surface area contributed by atoms with E-state index < -0.39 is 0 Å². The highest BCUT2D eigenvalue weighted by Crippen LogP contribution is 2.27. The van der Waals surface area contributed by atoms with Gasteiger partial charge in [0.1, 0.15) is 0 Å². The lowest BCUT2D eigenvalue weighted by atomic mass is 10.1. The molecule has 5 nitrogen and oxygen atoms in total. The van der Waals surface area contributed by atoms with E-state index in [0.717, 1.165) is 11.1 Å². The van der Waals surface area contributed by atoms with Gasteiger partial charge in [0.25, 0.3) is 5.91 Å². The first kappa shape index (κ1) is 8.60. The van der Waals surface area contributed by atoms with Crippen LogP contribution < -0.4 is 5.73 Å². The van der Waals surface area contributed by atoms with Gasteiger partial charge < -0.3 is 10.7 Å². The number of anilines is 1. The third-order valence-corrected chi connectivity index (χ3v) is 2.83. The van der Waals surface area contributed by atoms with E-state index in [1.54, 1.807) is 6.07 Å². The number of carbonyl (C=O) groups is 1. The predicted octanol–water partition coefficient (Wildman–Crippen LogP) is 0.946. The highest BCUT2D eigenvalue weighted by Gasteiger charge is 2.26. The van der Waals surface area contributed by atoms with Crippen LogP contribution in [0.1, 0.15) is 15.9 Å². The van der Waals surface area contributed by atoms with Crippen molar-refractivity contribution in [3.63, 3.8) is 0 Å². The van der Waals surface area contributed by atoms with Crippen LogP contribution in [-0.2, 0) is 6.54 Å². The Morgan fingerprint density at radius 2 is 2.33 bits per heavy atom. The Kier molecular flexibility index (Phi) is 1.53. The molecule has 0 radical (unpaired) electrons. The van der Waals surface area contributed by atoms with Crippen LogP contribution in [0.3, 0.4) is 0 Å². The molecule has 1 aromatic heterocycles. The van der Waals surface area contributed by atoms with E-state index in [-0.39, 0.29) is 5.91 Å². The van der Waals surface area contributed by atoms with E-state index in [4.69, 9.17) is 5.73 Å². The van der Waals surface area contributed by atoms with Crippen molar-refractivity contribution >= 4 is 35.7 Å². The van der Waals surface area contributed by atoms with Crippen molar-refractivity contribution < 1.29 is 4.79 Å². The largest absolute Gasteiger partial charge is 0.369 e. The molecule has 2 heterocycles. The Balaban J connectivity index is 2.30. The number of nitrogens with one attached hydrogen (secondary N) is 1. The summed E-state index contributed by atoms with van der Waals surface area (Å²) in [6.45, 7) is 0.520. The number of hydrogen-bond donors (Lipinski definition) is 3. The van der Waals surface area contributed by atoms with E-state index in [1.165, 1.54) is 4.31 Å². The van der Waals surface area contributed by atoms with Gasteiger partial charge in [0.05, 0.1) is 17.6 Å². The molecule has 0 aliphatic carbocycles. The molecule has 15 heavy (non-hydrogen) atoms. The van der Waals surface area contributed by atoms with Crippen LogP contribution in [0.5, 0.6) is 0 Å². The highest BCUT2D eigenvalue weighted by molar-refractivity contribution is 7.78. The molecule has 6 heteroatoms. The maximum Gasteiger partial charge on any atom is 0.264 e. The zero-order valence-electron chi connectivity index (χ0n) is 7.69. The lowest BCUT2D eigenvalue weighted by molar-refractivity contribution is 0.0891. The topological polar surface area (TPSA) is 75.0 Å². The van der Waals surface area contributed by atoms with Crippen LogP contribution in [0, 0.1) is 0 Å². The van der Waals surface area contributed by atoms with Gasteiger partial charge in [-0.15, -0.1) is 0 Å². The maximum absolute atomic E-state index is 11.6. The van der Waals surface area contributed by atoms with E-state index in [2.05, 4.69) is 22.8 Å². The number of aromatic amines is 1. The van der Waals surface area contributed by atoms with Crippen molar-refractivity contribution in [1.29, 1.82) is 0 Å². The van der Waals surface area contributed by atoms with E-state index in [1.807, 2.05) is 6.07 Å². The molecule has 1 aromatic carbocycles. The van der Waals surface area contributed by atoms with Gasteiger partial charge in [-0.2, -0.15) is 0 Å². The summed E-state index contributed by atoms with van der Waals surface area (Å²) in [5.74, 6) is 0.278. The number of aromatic nitrogens is 2. The summed E-state index contributed by atoms with van der Waals surface area (Å²) in [5.41, 5.74) is 8.70. The van der Waals surface area contributed by atoms with Gasteiger partial charge in [0.15, 0.2) is 5.95 Å². The number of fused-ring (bicyclic) bond motifs is 2. The number of thiol groups is 1. The molecular formula is C9H8N4OS. The second kappa shape index (κ2) is 2.66. The van der Waals surface area contributed by atoms with Crippen LogP contribution >= 0.6 is 12.8 Å². The average Bonchev–Trinajstić information content (AvgIpc) is 2.65. The first-order chi connectivity index (χ1) is 7.15. The quantitative estimate of drug-likeness (QED) is 0.578. The number of nitrogen functional groups attached to an aromatic ring is 1. The minimum Gasteiger partial charge on any atom is -0.369 e. The summed E-state index contributed by atoms with van der Waals surface area (Å²) in [7, 11) is 0. The van der Waals surface area contributed by atoms with Gasteiger partial charge >= 0.3 is 0 Å². The van der Waals surface area contributed by atoms with Crippen molar-refractivity contribution in [2.24, 2.45) is 0 Å². The average molecular weight is 220 g/mol. The number of nitrogens with zero attached hydrogens (tertiary/aromatic N) is 2. The second-order valence-electron chi connectivity index (χ2n) is 3.51. The fourth-order valence-electron chi connectivity index (χ4n) is 1.82. The first-order valence-electron chi connectivity index (χ1n) is 4.44. The van der Waals surface area contributed by atoms with Gasteiger partial charge in [-0.25, -0.2) is 4.98 Å². The van der Waals surface area contributed by atoms with Crippen LogP contribution in [0.25, 0.3) is 11.0 Å². The Bertz CT molecular complexity index is 577. The molecule has 3 N–H and O–H groups in total. The number of nitrogens with two attached hydrogens (primary N) is 1. The molecule has 0 saturated carbocycles. The number of benzene rings is 1. The summed E-state index contributed by atoms with van der Waals surface area (Å²) in [6.07, 6.45) is 0. The molecule has 3 rings (SSSR count). The lowest BCUT2D eigenvalue weighted by Gasteiger charge is -2.02. The highest BCUT2D eigenvalue weighted by atomic mass is 32.1. The number of rotatable bonds is 0. The molecule has 0 atom stereocenters. The van der Waals surface area contributed by atoms with Gasteiger partial charge in [-0.1, -0.05) is 12.8 Å². The van der Waals surface area contributed by atoms with Crippen molar-refractivity contribution in [3.8, 4) is 0 Å². The Morgan fingerprint density at radius 1 is 1.53 bits per heavy atom. The van der Waals surface area contributed by atoms with Crippen molar-refractivity contribution in [3.05, 3.63) is 23.3 Å². The second-order valence-corrected chi connectivity index (χ2v) is 3.99. The zero-order valence-corrected chi connectivity index (χ0v) is 8.58. The predicted molar refractivity (Wildman–Crippen MR) is 59.4 cm³/mol. The van der Waals surface area contributed by atoms with Gasteiger partial charge in [0.2, 0.25) is 0 Å². The SMILES string of the molecule is Nc1nc2cc3c(cc2[nH]1)CN(S)C3=O. The molecule has 0 fully saturated rings. The third kappa shape index (κ3) is 1.11. The summed E-state index contributed by atoms with van der Waals surface area (Å²) < 4.78 is 1.38. The number of H-pyrrole nitrogens is 1. The standard InChI is InChI=1S/C9H8N4OS/c10-9-11-6-1-4-3-13(15)8(14)5(4)2-7(6)12-9/h1-2,15H,3H2,(H3,10,11,12). The van der Waals surface area contributed by atoms with Crippen LogP contribution in [-0.4, -0.2) is 20.2 Å². The van der Waals surface area contributed by atoms with Crippen molar-refractivity contribution in [1.82, 2.24) is 14.3 Å². The number of amides is 1. The fraction of sp³-hybridized carbons (Fsp3) is 0.111. The van der Waals surface area contributed by atoms with Gasteiger partial charge in [-0.3, -0.25) is 9.10 Å². The molecule has 0 bridgehead atoms. The number of carbonyl (C=O) groups excluding carboxylic acids is 1. The Hall–Kier alpha value is -1.69. The smallest absolute Gasteiger partial charge is 0.264 e. The minimum atomic E-state index is -0.0863. The van der Waals surface area contributed by atoms with E-state index in [0.29, 0.717) is 23.6 Å². The molecular weight excluding hydrogens is 212 g/mol. The first-order valence-corrected chi connectivity index (χ1v) is 4.84. The van der Waals surface area contributed by atoms with Crippen molar-refractivity contribution in [2.75, 3.05) is 5.73 Å². The lowest BCUT2D eigenvalue weighted by Crippen LogP contribution is -2.11. The summed E-state index contributed by atoms with van der Waals surface area (Å²) >= 11 is 4.07. The summed E-state index contributed by atoms with van der Waals surface area (Å²) in [5, 5.41) is 0. The Morgan fingerprint density at radius 3 is 3.13 bits per heavy atom. The molecule has 0 saturated heterocycles. The third-order valence-electron chi connectivity index (χ3n) is 2.51. The number of hydrogen-bond acceptors (Lipinski definition) is 4. The fourth-order valence-corrected chi connectivity index (χ4v) is 2.08. The Labute approximate surface area is 90.8 Å². The van der Waals surface area contributed by atoms with Gasteiger partial charge in [-0.05, 0) is 17.7 Å². The molecule has 1 amide bonds. The molecule has 76 valence electrons. The van der Waals surface area contributed by atoms with Crippen LogP contribution in [0.15, 0.2) is 12.1 Å². The summed E-state index contributed by atoms with van der Waals surface area (Å²) in [4.78, 5) is 18.6. The molecule has 1 aliphatic rings. The molecule has 0 spiro atoms. The van der Waals surface area contributed by atoms with Crippen LogP contribution in [0.2, 0.25) is 0 Å². The number of imidazole rings is 1. The van der Waals surface area contributed by atoms with Crippen LogP contribution in [0.4, 0.5) is 5.95 Å². The zero-order chi connectivity index (χ0) is 10.6.